The van der Waals surface area contributed by atoms with Crippen LogP contribution in [0.3, 0.4) is 0 Å². The lowest BCUT2D eigenvalue weighted by molar-refractivity contribution is -0.134. The highest BCUT2D eigenvalue weighted by Crippen LogP contribution is 2.58. The summed E-state index contributed by atoms with van der Waals surface area (Å²) in [4.78, 5) is 26.2. The third-order valence-electron chi connectivity index (χ3n) is 8.35. The summed E-state index contributed by atoms with van der Waals surface area (Å²) in [7, 11) is 0. The predicted molar refractivity (Wildman–Crippen MR) is 121 cm³/mol. The minimum atomic E-state index is -0.456. The lowest BCUT2D eigenvalue weighted by Crippen LogP contribution is -2.70. The summed E-state index contributed by atoms with van der Waals surface area (Å²) in [5.41, 5.74) is 4.71. The van der Waals surface area contributed by atoms with Gasteiger partial charge >= 0.3 is 0 Å². The molecule has 5 aliphatic rings. The molecule has 4 atom stereocenters. The van der Waals surface area contributed by atoms with Crippen LogP contribution in [0.2, 0.25) is 0 Å². The number of carbonyl (C=O) groups is 2. The van der Waals surface area contributed by atoms with E-state index >= 15 is 0 Å². The largest absolute Gasteiger partial charge is 0.362 e. The Morgan fingerprint density at radius 3 is 2.81 bits per heavy atom. The number of nitrogens with one attached hydrogen (secondary N) is 3. The highest BCUT2D eigenvalue weighted by atomic mass is 16.2. The fourth-order valence-corrected chi connectivity index (χ4v) is 6.73. The molecule has 1 spiro atoms. The zero-order valence-corrected chi connectivity index (χ0v) is 18.0. The Bertz CT molecular complexity index is 1100. The van der Waals surface area contributed by atoms with Gasteiger partial charge < -0.3 is 16.0 Å². The Morgan fingerprint density at radius 1 is 1.10 bits per heavy atom. The quantitative estimate of drug-likeness (QED) is 0.677. The SMILES string of the molecule is CC12CCC(CC1C(=O)Nc1ccc3c(c1)CCC3)[C@]1(C2)NC(=O)c2ccccc2N1. The molecule has 160 valence electrons. The number of anilines is 2. The van der Waals surface area contributed by atoms with E-state index < -0.39 is 5.66 Å². The molecule has 2 bridgehead atoms. The second-order valence-corrected chi connectivity index (χ2v) is 10.3. The number of hydrogen-bond donors (Lipinski definition) is 3. The van der Waals surface area contributed by atoms with Crippen molar-refractivity contribution in [1.82, 2.24) is 5.32 Å². The highest BCUT2D eigenvalue weighted by molar-refractivity contribution is 6.02. The van der Waals surface area contributed by atoms with Gasteiger partial charge in [-0.15, -0.1) is 0 Å². The van der Waals surface area contributed by atoms with Gasteiger partial charge in [-0.3, -0.25) is 9.59 Å². The fourth-order valence-electron chi connectivity index (χ4n) is 6.73. The van der Waals surface area contributed by atoms with Crippen LogP contribution in [0.5, 0.6) is 0 Å². The van der Waals surface area contributed by atoms with E-state index in [1.54, 1.807) is 0 Å². The van der Waals surface area contributed by atoms with Crippen LogP contribution in [-0.4, -0.2) is 17.5 Å². The van der Waals surface area contributed by atoms with Crippen molar-refractivity contribution < 1.29 is 9.59 Å². The minimum Gasteiger partial charge on any atom is -0.362 e. The van der Waals surface area contributed by atoms with Gasteiger partial charge in [-0.1, -0.05) is 25.1 Å². The molecule has 7 rings (SSSR count). The summed E-state index contributed by atoms with van der Waals surface area (Å²) in [5.74, 6) is 0.315. The number of para-hydroxylation sites is 1. The number of carbonyl (C=O) groups excluding carboxylic acids is 2. The molecule has 5 nitrogen and oxygen atoms in total. The topological polar surface area (TPSA) is 70.2 Å². The minimum absolute atomic E-state index is 0.00959. The van der Waals surface area contributed by atoms with Gasteiger partial charge in [0.15, 0.2) is 0 Å². The first-order valence-corrected chi connectivity index (χ1v) is 11.6. The van der Waals surface area contributed by atoms with E-state index in [2.05, 4.69) is 35.0 Å². The molecular formula is C26H29N3O2. The zero-order chi connectivity index (χ0) is 21.2. The summed E-state index contributed by atoms with van der Waals surface area (Å²) in [6.07, 6.45) is 7.07. The van der Waals surface area contributed by atoms with Gasteiger partial charge in [0.05, 0.1) is 5.56 Å². The predicted octanol–water partition coefficient (Wildman–Crippen LogP) is 4.49. The molecule has 0 radical (unpaired) electrons. The molecule has 4 aliphatic carbocycles. The Labute approximate surface area is 183 Å². The number of aryl methyl sites for hydroxylation is 2. The standard InChI is InChI=1S/C26H29N3O2/c1-25-12-11-18(26(15-25)28-22-8-3-2-7-20(22)23(30)29-26)14-21(25)24(31)27-19-10-9-16-5-4-6-17(16)13-19/h2-3,7-10,13,18,21,28H,4-6,11-12,14-15H2,1H3,(H,27,31)(H,29,30)/t18?,21?,25?,26-/m0/s1. The van der Waals surface area contributed by atoms with E-state index in [0.29, 0.717) is 5.56 Å². The van der Waals surface area contributed by atoms with E-state index in [0.717, 1.165) is 49.9 Å². The van der Waals surface area contributed by atoms with Crippen molar-refractivity contribution in [3.8, 4) is 0 Å². The summed E-state index contributed by atoms with van der Waals surface area (Å²) in [6, 6.07) is 14.1. The van der Waals surface area contributed by atoms with Crippen LogP contribution in [0.25, 0.3) is 0 Å². The maximum absolute atomic E-state index is 13.4. The first-order valence-electron chi connectivity index (χ1n) is 11.6. The van der Waals surface area contributed by atoms with Crippen molar-refractivity contribution in [2.24, 2.45) is 17.3 Å². The molecular weight excluding hydrogens is 386 g/mol. The molecule has 1 aliphatic heterocycles. The lowest BCUT2D eigenvalue weighted by atomic mass is 9.51. The van der Waals surface area contributed by atoms with Gasteiger partial charge in [0.1, 0.15) is 5.66 Å². The van der Waals surface area contributed by atoms with E-state index in [9.17, 15) is 9.59 Å². The van der Waals surface area contributed by atoms with Crippen LogP contribution in [0.15, 0.2) is 42.5 Å². The zero-order valence-electron chi connectivity index (χ0n) is 18.0. The number of benzene rings is 2. The van der Waals surface area contributed by atoms with E-state index in [-0.39, 0.29) is 29.1 Å². The molecule has 3 N–H and O–H groups in total. The van der Waals surface area contributed by atoms with Crippen molar-refractivity contribution in [3.05, 3.63) is 59.2 Å². The van der Waals surface area contributed by atoms with Gasteiger partial charge in [-0.2, -0.15) is 0 Å². The van der Waals surface area contributed by atoms with Crippen LogP contribution in [0.1, 0.15) is 60.5 Å². The first-order chi connectivity index (χ1) is 15.0. The van der Waals surface area contributed by atoms with Crippen LogP contribution in [0.4, 0.5) is 11.4 Å². The number of fused-ring (bicyclic) bond motifs is 4. The maximum atomic E-state index is 13.4. The van der Waals surface area contributed by atoms with E-state index in [1.165, 1.54) is 17.5 Å². The average molecular weight is 416 g/mol. The Morgan fingerprint density at radius 2 is 1.94 bits per heavy atom. The second-order valence-electron chi connectivity index (χ2n) is 10.3. The third kappa shape index (κ3) is 2.89. The molecule has 5 heteroatoms. The molecule has 0 saturated heterocycles. The van der Waals surface area contributed by atoms with Crippen molar-refractivity contribution in [3.63, 3.8) is 0 Å². The first kappa shape index (κ1) is 18.9. The molecule has 0 aromatic heterocycles. The number of rotatable bonds is 2. The van der Waals surface area contributed by atoms with Crippen molar-refractivity contribution >= 4 is 23.2 Å². The average Bonchev–Trinajstić information content (AvgIpc) is 3.21. The molecule has 3 saturated carbocycles. The molecule has 3 fully saturated rings. The Hall–Kier alpha value is -2.82. The van der Waals surface area contributed by atoms with Gasteiger partial charge in [-0.25, -0.2) is 0 Å². The molecule has 2 amide bonds. The molecule has 2 aromatic carbocycles. The molecule has 3 unspecified atom stereocenters. The summed E-state index contributed by atoms with van der Waals surface area (Å²) in [6.45, 7) is 2.23. The van der Waals surface area contributed by atoms with E-state index in [4.69, 9.17) is 0 Å². The monoisotopic (exact) mass is 415 g/mol. The van der Waals surface area contributed by atoms with Crippen molar-refractivity contribution in [2.45, 2.75) is 57.5 Å². The Kier molecular flexibility index (Phi) is 4.02. The maximum Gasteiger partial charge on any atom is 0.255 e. The van der Waals surface area contributed by atoms with Crippen LogP contribution < -0.4 is 16.0 Å². The van der Waals surface area contributed by atoms with Gasteiger partial charge in [0.2, 0.25) is 5.91 Å². The highest BCUT2D eigenvalue weighted by Gasteiger charge is 2.60. The fraction of sp³-hybridized carbons (Fsp3) is 0.462. The summed E-state index contributed by atoms with van der Waals surface area (Å²) >= 11 is 0. The van der Waals surface area contributed by atoms with Crippen molar-refractivity contribution in [1.29, 1.82) is 0 Å². The third-order valence-corrected chi connectivity index (χ3v) is 8.35. The smallest absolute Gasteiger partial charge is 0.255 e. The Balaban J connectivity index is 1.24. The summed E-state index contributed by atoms with van der Waals surface area (Å²) in [5, 5.41) is 10.2. The normalized spacial score (nSPS) is 32.7. The molecule has 2 aromatic rings. The van der Waals surface area contributed by atoms with Crippen molar-refractivity contribution in [2.75, 3.05) is 10.6 Å². The van der Waals surface area contributed by atoms with Crippen LogP contribution in [-0.2, 0) is 17.6 Å². The number of hydrogen-bond acceptors (Lipinski definition) is 3. The van der Waals surface area contributed by atoms with Gasteiger partial charge in [-0.05, 0) is 85.8 Å². The summed E-state index contributed by atoms with van der Waals surface area (Å²) < 4.78 is 0. The van der Waals surface area contributed by atoms with Crippen LogP contribution >= 0.6 is 0 Å². The molecule has 1 heterocycles. The van der Waals surface area contributed by atoms with Gasteiger partial charge in [0, 0.05) is 23.2 Å². The second kappa shape index (κ2) is 6.59. The van der Waals surface area contributed by atoms with Crippen LogP contribution in [0, 0.1) is 17.3 Å². The van der Waals surface area contributed by atoms with E-state index in [1.807, 2.05) is 30.3 Å². The number of amides is 2. The molecule has 31 heavy (non-hydrogen) atoms. The van der Waals surface area contributed by atoms with Gasteiger partial charge in [0.25, 0.3) is 5.91 Å². The lowest BCUT2D eigenvalue weighted by Gasteiger charge is -2.60.